The molecule has 104 valence electrons. The molecule has 0 amide bonds. The van der Waals surface area contributed by atoms with Crippen molar-refractivity contribution in [3.63, 3.8) is 0 Å². The van der Waals surface area contributed by atoms with Gasteiger partial charge in [0.05, 0.1) is 0 Å². The van der Waals surface area contributed by atoms with Gasteiger partial charge in [-0.05, 0) is 44.5 Å². The SMILES string of the molecule is CCN1CCCC1CN(C)c1ncc(C=O)cc1C. The van der Waals surface area contributed by atoms with Gasteiger partial charge in [-0.3, -0.25) is 9.69 Å². The van der Waals surface area contributed by atoms with Gasteiger partial charge in [-0.2, -0.15) is 0 Å². The molecule has 0 saturated carbocycles. The van der Waals surface area contributed by atoms with Crippen molar-refractivity contribution in [2.75, 3.05) is 31.6 Å². The number of aryl methyl sites for hydroxylation is 1. The van der Waals surface area contributed by atoms with Crippen molar-refractivity contribution in [3.8, 4) is 0 Å². The lowest BCUT2D eigenvalue weighted by molar-refractivity contribution is 0.112. The molecule has 19 heavy (non-hydrogen) atoms. The van der Waals surface area contributed by atoms with Crippen molar-refractivity contribution in [1.29, 1.82) is 0 Å². The summed E-state index contributed by atoms with van der Waals surface area (Å²) in [5, 5.41) is 0. The molecule has 1 saturated heterocycles. The zero-order valence-corrected chi connectivity index (χ0v) is 12.1. The number of rotatable bonds is 5. The van der Waals surface area contributed by atoms with Gasteiger partial charge >= 0.3 is 0 Å². The largest absolute Gasteiger partial charge is 0.358 e. The summed E-state index contributed by atoms with van der Waals surface area (Å²) in [4.78, 5) is 19.9. The lowest BCUT2D eigenvalue weighted by atomic mass is 10.1. The van der Waals surface area contributed by atoms with Crippen LogP contribution in [0.3, 0.4) is 0 Å². The summed E-state index contributed by atoms with van der Waals surface area (Å²) in [5.41, 5.74) is 1.71. The van der Waals surface area contributed by atoms with E-state index in [9.17, 15) is 4.79 Å². The van der Waals surface area contributed by atoms with E-state index in [1.54, 1.807) is 6.20 Å². The maximum Gasteiger partial charge on any atom is 0.151 e. The number of pyridine rings is 1. The van der Waals surface area contributed by atoms with Gasteiger partial charge in [0.2, 0.25) is 0 Å². The van der Waals surface area contributed by atoms with Crippen LogP contribution in [0.2, 0.25) is 0 Å². The molecule has 1 aliphatic heterocycles. The highest BCUT2D eigenvalue weighted by molar-refractivity contribution is 5.75. The Kier molecular flexibility index (Phi) is 4.53. The predicted molar refractivity (Wildman–Crippen MR) is 77.9 cm³/mol. The predicted octanol–water partition coefficient (Wildman–Crippen LogP) is 2.12. The Morgan fingerprint density at radius 1 is 1.58 bits per heavy atom. The Morgan fingerprint density at radius 3 is 3.00 bits per heavy atom. The first-order chi connectivity index (χ1) is 9.15. The minimum absolute atomic E-state index is 0.627. The van der Waals surface area contributed by atoms with Crippen LogP contribution >= 0.6 is 0 Å². The van der Waals surface area contributed by atoms with E-state index in [2.05, 4.69) is 28.8 Å². The molecule has 0 radical (unpaired) electrons. The highest BCUT2D eigenvalue weighted by atomic mass is 16.1. The zero-order valence-electron chi connectivity index (χ0n) is 12.1. The van der Waals surface area contributed by atoms with Gasteiger partial charge in [0.25, 0.3) is 0 Å². The number of anilines is 1. The molecule has 2 rings (SSSR count). The maximum absolute atomic E-state index is 10.7. The standard InChI is InChI=1S/C15H23N3O/c1-4-18-7-5-6-14(18)10-17(3)15-12(2)8-13(11-19)9-16-15/h8-9,11,14H,4-7,10H2,1-3H3. The van der Waals surface area contributed by atoms with E-state index in [0.29, 0.717) is 11.6 Å². The van der Waals surface area contributed by atoms with Gasteiger partial charge < -0.3 is 4.90 Å². The first-order valence-electron chi connectivity index (χ1n) is 7.02. The molecule has 0 spiro atoms. The van der Waals surface area contributed by atoms with E-state index in [1.165, 1.54) is 19.4 Å². The van der Waals surface area contributed by atoms with Crippen molar-refractivity contribution in [2.45, 2.75) is 32.7 Å². The first kappa shape index (κ1) is 14.0. The topological polar surface area (TPSA) is 36.4 Å². The lowest BCUT2D eigenvalue weighted by Crippen LogP contribution is -2.39. The molecule has 0 bridgehead atoms. The Labute approximate surface area is 115 Å². The molecule has 1 unspecified atom stereocenters. The summed E-state index contributed by atoms with van der Waals surface area (Å²) in [6.07, 6.45) is 5.06. The van der Waals surface area contributed by atoms with Crippen LogP contribution in [0.1, 0.15) is 35.7 Å². The molecular formula is C15H23N3O. The van der Waals surface area contributed by atoms with E-state index in [1.807, 2.05) is 13.0 Å². The van der Waals surface area contributed by atoms with E-state index in [0.717, 1.165) is 30.8 Å². The summed E-state index contributed by atoms with van der Waals surface area (Å²) >= 11 is 0. The fourth-order valence-corrected chi connectivity index (χ4v) is 2.97. The molecule has 2 heterocycles. The second-order valence-corrected chi connectivity index (χ2v) is 5.33. The third kappa shape index (κ3) is 3.13. The number of carbonyl (C=O) groups is 1. The normalized spacial score (nSPS) is 19.6. The quantitative estimate of drug-likeness (QED) is 0.761. The molecule has 0 aromatic carbocycles. The van der Waals surface area contributed by atoms with Crippen LogP contribution in [-0.4, -0.2) is 48.9 Å². The van der Waals surface area contributed by atoms with Crippen molar-refractivity contribution < 1.29 is 4.79 Å². The highest BCUT2D eigenvalue weighted by Gasteiger charge is 2.24. The van der Waals surface area contributed by atoms with Crippen LogP contribution in [0.25, 0.3) is 0 Å². The van der Waals surface area contributed by atoms with Crippen molar-refractivity contribution in [1.82, 2.24) is 9.88 Å². The summed E-state index contributed by atoms with van der Waals surface area (Å²) in [6.45, 7) is 7.57. The molecular weight excluding hydrogens is 238 g/mol. The molecule has 1 atom stereocenters. The first-order valence-corrected chi connectivity index (χ1v) is 7.02. The van der Waals surface area contributed by atoms with Gasteiger partial charge in [-0.1, -0.05) is 6.92 Å². The van der Waals surface area contributed by atoms with Crippen LogP contribution in [0, 0.1) is 6.92 Å². The fourth-order valence-electron chi connectivity index (χ4n) is 2.97. The summed E-state index contributed by atoms with van der Waals surface area (Å²) in [5.74, 6) is 0.980. The molecule has 0 aliphatic carbocycles. The number of hydrogen-bond acceptors (Lipinski definition) is 4. The highest BCUT2D eigenvalue weighted by Crippen LogP contribution is 2.21. The third-order valence-electron chi connectivity index (χ3n) is 3.96. The van der Waals surface area contributed by atoms with Gasteiger partial charge in [0.15, 0.2) is 6.29 Å². The van der Waals surface area contributed by atoms with Crippen LogP contribution in [-0.2, 0) is 0 Å². The van der Waals surface area contributed by atoms with E-state index in [-0.39, 0.29) is 0 Å². The lowest BCUT2D eigenvalue weighted by Gasteiger charge is -2.29. The van der Waals surface area contributed by atoms with E-state index < -0.39 is 0 Å². The number of likely N-dealkylation sites (tertiary alicyclic amines) is 1. The number of aromatic nitrogens is 1. The van der Waals surface area contributed by atoms with Gasteiger partial charge in [-0.15, -0.1) is 0 Å². The molecule has 1 aliphatic rings. The second-order valence-electron chi connectivity index (χ2n) is 5.33. The van der Waals surface area contributed by atoms with Crippen molar-refractivity contribution >= 4 is 12.1 Å². The minimum Gasteiger partial charge on any atom is -0.358 e. The molecule has 4 heteroatoms. The van der Waals surface area contributed by atoms with Crippen molar-refractivity contribution in [2.24, 2.45) is 0 Å². The molecule has 1 fully saturated rings. The van der Waals surface area contributed by atoms with E-state index >= 15 is 0 Å². The van der Waals surface area contributed by atoms with Crippen LogP contribution in [0.15, 0.2) is 12.3 Å². The number of likely N-dealkylation sites (N-methyl/N-ethyl adjacent to an activating group) is 2. The average molecular weight is 261 g/mol. The monoisotopic (exact) mass is 261 g/mol. The Balaban J connectivity index is 2.07. The molecule has 0 N–H and O–H groups in total. The van der Waals surface area contributed by atoms with E-state index in [4.69, 9.17) is 0 Å². The summed E-state index contributed by atoms with van der Waals surface area (Å²) in [7, 11) is 2.09. The molecule has 4 nitrogen and oxygen atoms in total. The molecule has 1 aromatic rings. The summed E-state index contributed by atoms with van der Waals surface area (Å²) in [6, 6.07) is 2.53. The van der Waals surface area contributed by atoms with Gasteiger partial charge in [0, 0.05) is 31.4 Å². The maximum atomic E-state index is 10.7. The van der Waals surface area contributed by atoms with Crippen LogP contribution in [0.4, 0.5) is 5.82 Å². The molecule has 1 aromatic heterocycles. The van der Waals surface area contributed by atoms with Crippen molar-refractivity contribution in [3.05, 3.63) is 23.4 Å². The van der Waals surface area contributed by atoms with Crippen LogP contribution < -0.4 is 4.90 Å². The third-order valence-corrected chi connectivity index (χ3v) is 3.96. The van der Waals surface area contributed by atoms with Gasteiger partial charge in [-0.25, -0.2) is 4.98 Å². The summed E-state index contributed by atoms with van der Waals surface area (Å²) < 4.78 is 0. The van der Waals surface area contributed by atoms with Gasteiger partial charge in [0.1, 0.15) is 5.82 Å². The Morgan fingerprint density at radius 2 is 2.37 bits per heavy atom. The fraction of sp³-hybridized carbons (Fsp3) is 0.600. The zero-order chi connectivity index (χ0) is 13.8. The average Bonchev–Trinajstić information content (AvgIpc) is 2.85. The number of carbonyl (C=O) groups excluding carboxylic acids is 1. The van der Waals surface area contributed by atoms with Crippen LogP contribution in [0.5, 0.6) is 0 Å². The smallest absolute Gasteiger partial charge is 0.151 e. The number of nitrogens with zero attached hydrogens (tertiary/aromatic N) is 3. The Hall–Kier alpha value is -1.42. The minimum atomic E-state index is 0.627. The number of hydrogen-bond donors (Lipinski definition) is 0. The number of aldehydes is 1. The second kappa shape index (κ2) is 6.15. The Bertz CT molecular complexity index is 447.